The van der Waals surface area contributed by atoms with Crippen LogP contribution in [0.25, 0.3) is 16.6 Å². The average molecular weight is 405 g/mol. The summed E-state index contributed by atoms with van der Waals surface area (Å²) in [6.45, 7) is 5.85. The van der Waals surface area contributed by atoms with E-state index in [2.05, 4.69) is 15.0 Å². The van der Waals surface area contributed by atoms with E-state index in [1.165, 1.54) is 5.56 Å². The van der Waals surface area contributed by atoms with Gasteiger partial charge in [-0.25, -0.2) is 4.98 Å². The number of likely N-dealkylation sites (tertiary alicyclic amines) is 1. The summed E-state index contributed by atoms with van der Waals surface area (Å²) in [6, 6.07) is 9.93. The van der Waals surface area contributed by atoms with Crippen molar-refractivity contribution in [3.63, 3.8) is 0 Å². The summed E-state index contributed by atoms with van der Waals surface area (Å²) in [6.07, 6.45) is 5.54. The van der Waals surface area contributed by atoms with Crippen LogP contribution >= 0.6 is 0 Å². The topological polar surface area (TPSA) is 71.1 Å². The van der Waals surface area contributed by atoms with Crippen molar-refractivity contribution < 1.29 is 9.53 Å². The van der Waals surface area contributed by atoms with Gasteiger partial charge in [0.25, 0.3) is 0 Å². The lowest BCUT2D eigenvalue weighted by Crippen LogP contribution is -2.37. The molecule has 3 heterocycles. The normalized spacial score (nSPS) is 15.7. The number of pyridine rings is 1. The molecule has 4 rings (SSSR count). The van der Waals surface area contributed by atoms with Gasteiger partial charge >= 0.3 is 0 Å². The zero-order valence-electron chi connectivity index (χ0n) is 17.8. The number of amides is 1. The van der Waals surface area contributed by atoms with Crippen LogP contribution in [0.1, 0.15) is 41.4 Å². The maximum absolute atomic E-state index is 12.9. The maximum Gasteiger partial charge on any atom is 0.246 e. The van der Waals surface area contributed by atoms with E-state index in [9.17, 15) is 4.79 Å². The molecule has 156 valence electrons. The van der Waals surface area contributed by atoms with E-state index < -0.39 is 0 Å². The Labute approximate surface area is 177 Å². The molecule has 1 aromatic carbocycles. The second kappa shape index (κ2) is 8.79. The first-order valence-electron chi connectivity index (χ1n) is 10.4. The quantitative estimate of drug-likeness (QED) is 0.652. The van der Waals surface area contributed by atoms with Crippen LogP contribution < -0.4 is 0 Å². The summed E-state index contributed by atoms with van der Waals surface area (Å²) in [5.74, 6) is 1.33. The number of benzene rings is 1. The second-order valence-corrected chi connectivity index (χ2v) is 7.91. The van der Waals surface area contributed by atoms with E-state index in [0.717, 1.165) is 59.6 Å². The van der Waals surface area contributed by atoms with Gasteiger partial charge < -0.3 is 14.6 Å². The fourth-order valence-corrected chi connectivity index (χ4v) is 4.23. The number of carbonyl (C=O) groups excluding carboxylic acids is 1. The van der Waals surface area contributed by atoms with Crippen LogP contribution in [-0.4, -0.2) is 52.6 Å². The number of aromatic nitrogens is 3. The van der Waals surface area contributed by atoms with Gasteiger partial charge in [0.05, 0.1) is 17.8 Å². The number of nitrogens with zero attached hydrogens (tertiary/aromatic N) is 3. The highest BCUT2D eigenvalue weighted by Gasteiger charge is 2.26. The molecule has 1 saturated heterocycles. The molecular formula is C24H28N4O2. The molecule has 30 heavy (non-hydrogen) atoms. The molecule has 6 heteroatoms. The minimum atomic E-state index is 0.0499. The molecule has 0 spiro atoms. The number of rotatable bonds is 5. The van der Waals surface area contributed by atoms with Gasteiger partial charge in [0.1, 0.15) is 11.3 Å². The van der Waals surface area contributed by atoms with Crippen LogP contribution in [0.3, 0.4) is 0 Å². The first-order valence-corrected chi connectivity index (χ1v) is 10.4. The van der Waals surface area contributed by atoms with Gasteiger partial charge in [-0.2, -0.15) is 0 Å². The molecule has 1 N–H and O–H groups in total. The highest BCUT2D eigenvalue weighted by molar-refractivity contribution is 5.95. The van der Waals surface area contributed by atoms with Crippen molar-refractivity contribution in [2.45, 2.75) is 32.6 Å². The van der Waals surface area contributed by atoms with E-state index in [0.29, 0.717) is 12.5 Å². The van der Waals surface area contributed by atoms with Gasteiger partial charge in [0.2, 0.25) is 5.91 Å². The number of hydrogen-bond donors (Lipinski definition) is 1. The van der Waals surface area contributed by atoms with Gasteiger partial charge in [0.15, 0.2) is 0 Å². The van der Waals surface area contributed by atoms with Crippen LogP contribution in [0.4, 0.5) is 0 Å². The number of imidazole rings is 1. The van der Waals surface area contributed by atoms with Gasteiger partial charge in [-0.15, -0.1) is 0 Å². The van der Waals surface area contributed by atoms with Crippen molar-refractivity contribution in [2.75, 3.05) is 26.8 Å². The molecule has 0 bridgehead atoms. The number of nitrogens with one attached hydrogen (secondary N) is 1. The van der Waals surface area contributed by atoms with E-state index >= 15 is 0 Å². The Hall–Kier alpha value is -2.99. The number of fused-ring (bicyclic) bond motifs is 1. The number of aryl methyl sites for hydroxylation is 2. The maximum atomic E-state index is 12.9. The van der Waals surface area contributed by atoms with Gasteiger partial charge in [-0.05, 0) is 49.3 Å². The predicted octanol–water partition coefficient (Wildman–Crippen LogP) is 4.01. The van der Waals surface area contributed by atoms with E-state index in [4.69, 9.17) is 4.74 Å². The van der Waals surface area contributed by atoms with Crippen molar-refractivity contribution in [3.8, 4) is 0 Å². The Morgan fingerprint density at radius 3 is 2.67 bits per heavy atom. The van der Waals surface area contributed by atoms with Crippen molar-refractivity contribution in [2.24, 2.45) is 0 Å². The third-order valence-electron chi connectivity index (χ3n) is 5.84. The third-order valence-corrected chi connectivity index (χ3v) is 5.84. The van der Waals surface area contributed by atoms with Crippen LogP contribution in [-0.2, 0) is 9.53 Å². The number of hydrogen-bond acceptors (Lipinski definition) is 4. The Morgan fingerprint density at radius 1 is 1.23 bits per heavy atom. The zero-order valence-corrected chi connectivity index (χ0v) is 17.8. The lowest BCUT2D eigenvalue weighted by atomic mass is 9.89. The zero-order chi connectivity index (χ0) is 21.1. The minimum absolute atomic E-state index is 0.0499. The largest absolute Gasteiger partial charge is 0.380 e. The van der Waals surface area contributed by atoms with Crippen LogP contribution in [0.5, 0.6) is 0 Å². The molecule has 0 aliphatic carbocycles. The molecule has 1 aliphatic rings. The van der Waals surface area contributed by atoms with Gasteiger partial charge in [-0.1, -0.05) is 30.3 Å². The molecule has 0 radical (unpaired) electrons. The van der Waals surface area contributed by atoms with Crippen LogP contribution in [0.15, 0.2) is 42.6 Å². The summed E-state index contributed by atoms with van der Waals surface area (Å²) in [5.41, 5.74) is 6.13. The summed E-state index contributed by atoms with van der Waals surface area (Å²) >= 11 is 0. The summed E-state index contributed by atoms with van der Waals surface area (Å²) in [4.78, 5) is 27.4. The fraction of sp³-hybridized carbons (Fsp3) is 0.375. The average Bonchev–Trinajstić information content (AvgIpc) is 3.17. The van der Waals surface area contributed by atoms with Gasteiger partial charge in [0, 0.05) is 32.5 Å². The van der Waals surface area contributed by atoms with E-state index in [1.54, 1.807) is 13.2 Å². The summed E-state index contributed by atoms with van der Waals surface area (Å²) < 4.78 is 5.32. The first-order chi connectivity index (χ1) is 14.6. The smallest absolute Gasteiger partial charge is 0.246 e. The molecule has 1 aliphatic heterocycles. The second-order valence-electron chi connectivity index (χ2n) is 7.91. The minimum Gasteiger partial charge on any atom is -0.380 e. The third kappa shape index (κ3) is 4.14. The number of carbonyl (C=O) groups is 1. The number of aromatic amines is 1. The highest BCUT2D eigenvalue weighted by Crippen LogP contribution is 2.32. The number of piperidine rings is 1. The lowest BCUT2D eigenvalue weighted by molar-refractivity contribution is -0.127. The van der Waals surface area contributed by atoms with Gasteiger partial charge in [-0.3, -0.25) is 9.78 Å². The Bertz CT molecular complexity index is 1060. The predicted molar refractivity (Wildman–Crippen MR) is 118 cm³/mol. The highest BCUT2D eigenvalue weighted by atomic mass is 16.5. The molecular weight excluding hydrogens is 376 g/mol. The van der Waals surface area contributed by atoms with E-state index in [1.807, 2.05) is 55.3 Å². The Morgan fingerprint density at radius 2 is 1.97 bits per heavy atom. The summed E-state index contributed by atoms with van der Waals surface area (Å²) in [5, 5.41) is 0. The number of H-pyrrole nitrogens is 1. The molecule has 0 unspecified atom stereocenters. The van der Waals surface area contributed by atoms with Crippen molar-refractivity contribution in [1.82, 2.24) is 19.9 Å². The molecule has 2 aromatic heterocycles. The molecule has 0 saturated carbocycles. The van der Waals surface area contributed by atoms with E-state index in [-0.39, 0.29) is 5.91 Å². The first kappa shape index (κ1) is 20.3. The number of methoxy groups -OCH3 is 1. The SMILES string of the molecule is COCC(=CC(=O)N1CCC(c2cnc(C)c3nc(C)[nH]c23)CC1)c1ccccc1. The molecule has 6 nitrogen and oxygen atoms in total. The van der Waals surface area contributed by atoms with Crippen molar-refractivity contribution in [1.29, 1.82) is 0 Å². The summed E-state index contributed by atoms with van der Waals surface area (Å²) in [7, 11) is 1.65. The molecule has 3 aromatic rings. The Kier molecular flexibility index (Phi) is 5.95. The molecule has 1 fully saturated rings. The van der Waals surface area contributed by atoms with Crippen LogP contribution in [0, 0.1) is 13.8 Å². The lowest BCUT2D eigenvalue weighted by Gasteiger charge is -2.32. The standard InChI is InChI=1S/C24H28N4O2/c1-16-23-24(27-17(2)26-23)21(14-25-16)19-9-11-28(12-10-19)22(29)13-20(15-30-3)18-7-5-4-6-8-18/h4-8,13-14,19H,9-12,15H2,1-3H3,(H,26,27). The fourth-order valence-electron chi connectivity index (χ4n) is 4.23. The Balaban J connectivity index is 1.48. The van der Waals surface area contributed by atoms with Crippen molar-refractivity contribution >= 4 is 22.5 Å². The molecule has 0 atom stereocenters. The molecule has 1 amide bonds. The number of ether oxygens (including phenoxy) is 1. The monoisotopic (exact) mass is 404 g/mol. The van der Waals surface area contributed by atoms with Crippen LogP contribution in [0.2, 0.25) is 0 Å². The van der Waals surface area contributed by atoms with Crippen molar-refractivity contribution in [3.05, 3.63) is 65.2 Å².